The Balaban J connectivity index is 3.07. The maximum atomic E-state index is 11.1. The van der Waals surface area contributed by atoms with Gasteiger partial charge in [-0.05, 0) is 34.7 Å². The Labute approximate surface area is 99.5 Å². The van der Waals surface area contributed by atoms with Crippen molar-refractivity contribution in [1.82, 2.24) is 5.43 Å². The fraction of sp³-hybridized carbons (Fsp3) is 0. The van der Waals surface area contributed by atoms with Gasteiger partial charge in [0.1, 0.15) is 0 Å². The summed E-state index contributed by atoms with van der Waals surface area (Å²) in [6, 6.07) is 4.47. The number of benzene rings is 1. The highest BCUT2D eigenvalue weighted by atomic mass is 127. The van der Waals surface area contributed by atoms with Gasteiger partial charge in [0.15, 0.2) is 0 Å². The molecule has 0 aliphatic rings. The van der Waals surface area contributed by atoms with Crippen molar-refractivity contribution in [2.45, 2.75) is 0 Å². The monoisotopic (exact) mass is 326 g/mol. The number of rotatable bonds is 1. The Morgan fingerprint density at radius 1 is 1.57 bits per heavy atom. The minimum absolute atomic E-state index is 0.501. The van der Waals surface area contributed by atoms with E-state index in [1.807, 2.05) is 28.0 Å². The lowest BCUT2D eigenvalue weighted by molar-refractivity contribution is 0.246. The van der Waals surface area contributed by atoms with Crippen molar-refractivity contribution in [3.63, 3.8) is 0 Å². The summed E-state index contributed by atoms with van der Waals surface area (Å²) >= 11 is 7.85. The number of carbonyl (C=O) groups is 1. The van der Waals surface area contributed by atoms with E-state index in [9.17, 15) is 4.79 Å². The first-order chi connectivity index (χ1) is 6.57. The number of carbonyl (C=O) groups excluding carboxylic acids is 1. The van der Waals surface area contributed by atoms with Gasteiger partial charge in [0.2, 0.25) is 0 Å². The van der Waals surface area contributed by atoms with Gasteiger partial charge in [0.25, 0.3) is 0 Å². The smallest absolute Gasteiger partial charge is 0.274 e. The molecule has 0 saturated heterocycles. The molecule has 5 nitrogen and oxygen atoms in total. The molecule has 2 amide bonds. The number of amides is 2. The van der Waals surface area contributed by atoms with E-state index in [0.717, 1.165) is 5.01 Å². The van der Waals surface area contributed by atoms with Crippen molar-refractivity contribution in [3.05, 3.63) is 26.8 Å². The number of hydrogen-bond donors (Lipinski definition) is 3. The second-order valence-corrected chi connectivity index (χ2v) is 3.88. The van der Waals surface area contributed by atoms with Gasteiger partial charge in [-0.25, -0.2) is 21.5 Å². The van der Waals surface area contributed by atoms with Crippen LogP contribution < -0.4 is 22.1 Å². The number of hydrogen-bond acceptors (Lipinski definition) is 3. The topological polar surface area (TPSA) is 84.4 Å². The largest absolute Gasteiger partial charge is 0.350 e. The molecule has 7 heteroatoms. The van der Waals surface area contributed by atoms with E-state index < -0.39 is 6.03 Å². The van der Waals surface area contributed by atoms with Crippen LogP contribution in [0.4, 0.5) is 10.5 Å². The quantitative estimate of drug-likeness (QED) is 0.314. The summed E-state index contributed by atoms with van der Waals surface area (Å²) in [4.78, 5) is 11.1. The molecular formula is C7H8ClIN4O. The maximum Gasteiger partial charge on any atom is 0.350 e. The molecule has 14 heavy (non-hydrogen) atoms. The molecule has 0 aliphatic carbocycles. The van der Waals surface area contributed by atoms with E-state index in [-0.39, 0.29) is 0 Å². The van der Waals surface area contributed by atoms with Crippen LogP contribution in [0.25, 0.3) is 0 Å². The molecular weight excluding hydrogens is 318 g/mol. The van der Waals surface area contributed by atoms with E-state index >= 15 is 0 Å². The van der Waals surface area contributed by atoms with Gasteiger partial charge < -0.3 is 0 Å². The lowest BCUT2D eigenvalue weighted by Crippen LogP contribution is -2.48. The van der Waals surface area contributed by atoms with Crippen LogP contribution in [0.5, 0.6) is 0 Å². The minimum Gasteiger partial charge on any atom is -0.274 e. The molecule has 1 aromatic rings. The molecule has 0 heterocycles. The van der Waals surface area contributed by atoms with Crippen molar-refractivity contribution in [3.8, 4) is 0 Å². The molecule has 0 unspecified atom stereocenters. The third-order valence-corrected chi connectivity index (χ3v) is 3.30. The summed E-state index contributed by atoms with van der Waals surface area (Å²) < 4.78 is 0.692. The van der Waals surface area contributed by atoms with E-state index in [1.54, 1.807) is 18.2 Å². The highest BCUT2D eigenvalue weighted by Crippen LogP contribution is 2.27. The Morgan fingerprint density at radius 2 is 2.21 bits per heavy atom. The molecule has 0 spiro atoms. The second kappa shape index (κ2) is 4.78. The standard InChI is InChI=1S/C7H8ClIN4O/c8-4-2-1-3-5(6(4)9)13(11)7(14)12-10/h1-3H,10-11H2,(H,12,14). The second-order valence-electron chi connectivity index (χ2n) is 2.39. The van der Waals surface area contributed by atoms with Gasteiger partial charge in [0, 0.05) is 0 Å². The zero-order valence-electron chi connectivity index (χ0n) is 7.00. The molecule has 1 rings (SSSR count). The van der Waals surface area contributed by atoms with Crippen LogP contribution in [-0.4, -0.2) is 6.03 Å². The van der Waals surface area contributed by atoms with Crippen LogP contribution in [0, 0.1) is 3.57 Å². The van der Waals surface area contributed by atoms with Crippen molar-refractivity contribution in [2.24, 2.45) is 11.7 Å². The van der Waals surface area contributed by atoms with E-state index in [1.165, 1.54) is 0 Å². The summed E-state index contributed by atoms with van der Waals surface area (Å²) in [7, 11) is 0. The molecule has 0 fully saturated rings. The Bertz CT molecular complexity index is 360. The van der Waals surface area contributed by atoms with Crippen LogP contribution in [-0.2, 0) is 0 Å². The van der Waals surface area contributed by atoms with Crippen molar-refractivity contribution in [1.29, 1.82) is 0 Å². The van der Waals surface area contributed by atoms with Gasteiger partial charge in [-0.1, -0.05) is 17.7 Å². The normalized spacial score (nSPS) is 9.71. The summed E-state index contributed by atoms with van der Waals surface area (Å²) in [6.45, 7) is 0. The van der Waals surface area contributed by atoms with Gasteiger partial charge in [-0.3, -0.25) is 5.43 Å². The summed E-state index contributed by atoms with van der Waals surface area (Å²) in [6.07, 6.45) is 0. The van der Waals surface area contributed by atoms with Crippen LogP contribution in [0.3, 0.4) is 0 Å². The molecule has 0 atom stereocenters. The number of hydrazine groups is 2. The highest BCUT2D eigenvalue weighted by Gasteiger charge is 2.14. The lowest BCUT2D eigenvalue weighted by atomic mass is 10.3. The van der Waals surface area contributed by atoms with Crippen LogP contribution in [0.2, 0.25) is 5.02 Å². The molecule has 1 aromatic carbocycles. The third-order valence-electron chi connectivity index (χ3n) is 1.53. The van der Waals surface area contributed by atoms with Gasteiger partial charge in [-0.2, -0.15) is 0 Å². The molecule has 0 saturated carbocycles. The number of nitrogens with two attached hydrogens (primary N) is 2. The van der Waals surface area contributed by atoms with Gasteiger partial charge in [-0.15, -0.1) is 0 Å². The number of nitrogens with zero attached hydrogens (tertiary/aromatic N) is 1. The first-order valence-electron chi connectivity index (χ1n) is 3.57. The number of nitrogens with one attached hydrogen (secondary N) is 1. The number of urea groups is 1. The molecule has 0 aliphatic heterocycles. The number of halogens is 2. The van der Waals surface area contributed by atoms with E-state index in [0.29, 0.717) is 14.3 Å². The fourth-order valence-corrected chi connectivity index (χ4v) is 1.65. The zero-order chi connectivity index (χ0) is 10.7. The average Bonchev–Trinajstić information content (AvgIpc) is 2.20. The summed E-state index contributed by atoms with van der Waals surface area (Å²) in [5, 5.41) is 1.43. The SMILES string of the molecule is NNC(=O)N(N)c1cccc(Cl)c1I. The van der Waals surface area contributed by atoms with Crippen LogP contribution >= 0.6 is 34.2 Å². The first-order valence-corrected chi connectivity index (χ1v) is 5.03. The van der Waals surface area contributed by atoms with Crippen molar-refractivity contribution in [2.75, 3.05) is 5.01 Å². The van der Waals surface area contributed by atoms with Crippen molar-refractivity contribution < 1.29 is 4.79 Å². The Hall–Kier alpha value is -0.570. The average molecular weight is 327 g/mol. The number of anilines is 1. The van der Waals surface area contributed by atoms with Crippen molar-refractivity contribution >= 4 is 45.9 Å². The van der Waals surface area contributed by atoms with Crippen LogP contribution in [0.1, 0.15) is 0 Å². The molecule has 0 radical (unpaired) electrons. The lowest BCUT2D eigenvalue weighted by Gasteiger charge is -2.17. The minimum atomic E-state index is -0.606. The third kappa shape index (κ3) is 2.27. The predicted molar refractivity (Wildman–Crippen MR) is 63.6 cm³/mol. The van der Waals surface area contributed by atoms with Gasteiger partial charge in [0.05, 0.1) is 14.3 Å². The fourth-order valence-electron chi connectivity index (χ4n) is 0.857. The maximum absolute atomic E-state index is 11.1. The van der Waals surface area contributed by atoms with E-state index in [4.69, 9.17) is 23.3 Å². The Kier molecular flexibility index (Phi) is 3.93. The van der Waals surface area contributed by atoms with Gasteiger partial charge >= 0.3 is 6.03 Å². The summed E-state index contributed by atoms with van der Waals surface area (Å²) in [5.74, 6) is 10.4. The molecule has 0 bridgehead atoms. The highest BCUT2D eigenvalue weighted by molar-refractivity contribution is 14.1. The predicted octanol–water partition coefficient (Wildman–Crippen LogP) is 1.21. The van der Waals surface area contributed by atoms with Crippen LogP contribution in [0.15, 0.2) is 18.2 Å². The van der Waals surface area contributed by atoms with E-state index in [2.05, 4.69) is 0 Å². The zero-order valence-corrected chi connectivity index (χ0v) is 9.91. The summed E-state index contributed by atoms with van der Waals surface area (Å²) in [5.41, 5.74) is 2.43. The molecule has 5 N–H and O–H groups in total. The first kappa shape index (κ1) is 11.5. The Morgan fingerprint density at radius 3 is 2.79 bits per heavy atom. The molecule has 76 valence electrons. The molecule has 0 aromatic heterocycles.